The number of aromatic nitrogens is 2. The van der Waals surface area contributed by atoms with E-state index in [1.807, 2.05) is 11.8 Å². The number of carboxylic acids is 1. The van der Waals surface area contributed by atoms with Crippen molar-refractivity contribution in [2.45, 2.75) is 37.6 Å². The van der Waals surface area contributed by atoms with E-state index in [0.717, 1.165) is 36.7 Å². The third-order valence-electron chi connectivity index (χ3n) is 3.74. The van der Waals surface area contributed by atoms with Crippen molar-refractivity contribution in [2.24, 2.45) is 0 Å². The lowest BCUT2D eigenvalue weighted by Gasteiger charge is -2.23. The second-order valence-electron chi connectivity index (χ2n) is 4.79. The van der Waals surface area contributed by atoms with Gasteiger partial charge in [-0.3, -0.25) is 4.79 Å². The summed E-state index contributed by atoms with van der Waals surface area (Å²) >= 11 is 1.97. The van der Waals surface area contributed by atoms with Gasteiger partial charge in [-0.15, -0.1) is 0 Å². The zero-order valence-electron chi connectivity index (χ0n) is 9.63. The van der Waals surface area contributed by atoms with E-state index in [1.54, 1.807) is 6.20 Å². The summed E-state index contributed by atoms with van der Waals surface area (Å²) in [5, 5.41) is 9.21. The molecule has 0 spiro atoms. The molecule has 17 heavy (non-hydrogen) atoms. The Bertz CT molecular complexity index is 438. The van der Waals surface area contributed by atoms with Gasteiger partial charge in [0.05, 0.1) is 11.6 Å². The highest BCUT2D eigenvalue weighted by Crippen LogP contribution is 2.36. The smallest absolute Gasteiger partial charge is 0.312 e. The Morgan fingerprint density at radius 1 is 1.53 bits per heavy atom. The fraction of sp³-hybridized carbons (Fsp3) is 0.667. The quantitative estimate of drug-likeness (QED) is 0.875. The third-order valence-corrected chi connectivity index (χ3v) is 4.90. The molecule has 4 nitrogen and oxygen atoms in total. The molecule has 2 aliphatic rings. The highest BCUT2D eigenvalue weighted by Gasteiger charge is 2.31. The van der Waals surface area contributed by atoms with E-state index >= 15 is 0 Å². The van der Waals surface area contributed by atoms with Crippen molar-refractivity contribution in [2.75, 3.05) is 11.5 Å². The lowest BCUT2D eigenvalue weighted by atomic mass is 9.96. The summed E-state index contributed by atoms with van der Waals surface area (Å²) in [6.07, 6.45) is 4.67. The van der Waals surface area contributed by atoms with Crippen molar-refractivity contribution in [1.29, 1.82) is 0 Å². The fourth-order valence-corrected chi connectivity index (χ4v) is 4.06. The second-order valence-corrected chi connectivity index (χ2v) is 5.94. The first kappa shape index (κ1) is 11.1. The van der Waals surface area contributed by atoms with E-state index in [2.05, 4.69) is 9.55 Å². The van der Waals surface area contributed by atoms with E-state index in [-0.39, 0.29) is 5.92 Å². The number of aliphatic carboxylic acids is 1. The molecular weight excluding hydrogens is 236 g/mol. The van der Waals surface area contributed by atoms with Crippen molar-refractivity contribution < 1.29 is 9.90 Å². The van der Waals surface area contributed by atoms with Crippen molar-refractivity contribution in [1.82, 2.24) is 9.55 Å². The van der Waals surface area contributed by atoms with Gasteiger partial charge in [0.1, 0.15) is 5.82 Å². The van der Waals surface area contributed by atoms with Gasteiger partial charge in [0, 0.05) is 24.4 Å². The van der Waals surface area contributed by atoms with Gasteiger partial charge in [-0.2, -0.15) is 11.8 Å². The van der Waals surface area contributed by atoms with Crippen LogP contribution in [0.5, 0.6) is 0 Å². The molecule has 2 aliphatic heterocycles. The maximum absolute atomic E-state index is 11.2. The van der Waals surface area contributed by atoms with Gasteiger partial charge >= 0.3 is 5.97 Å². The minimum Gasteiger partial charge on any atom is -0.481 e. The largest absolute Gasteiger partial charge is 0.481 e. The van der Waals surface area contributed by atoms with Crippen molar-refractivity contribution in [3.63, 3.8) is 0 Å². The summed E-state index contributed by atoms with van der Waals surface area (Å²) in [6.45, 7) is 0.940. The van der Waals surface area contributed by atoms with E-state index in [1.165, 1.54) is 12.2 Å². The SMILES string of the molecule is O=C(O)C1CCCn2c1cnc2C1CCSC1. The van der Waals surface area contributed by atoms with E-state index in [0.29, 0.717) is 5.92 Å². The molecule has 2 atom stereocenters. The molecule has 1 saturated heterocycles. The normalized spacial score (nSPS) is 28.0. The minimum atomic E-state index is -0.710. The van der Waals surface area contributed by atoms with Crippen LogP contribution in [-0.2, 0) is 11.3 Å². The predicted molar refractivity (Wildman–Crippen MR) is 66.5 cm³/mol. The van der Waals surface area contributed by atoms with Gasteiger partial charge in [-0.1, -0.05) is 0 Å². The van der Waals surface area contributed by atoms with Gasteiger partial charge in [-0.05, 0) is 25.0 Å². The Balaban J connectivity index is 1.95. The molecule has 1 aromatic rings. The molecule has 0 radical (unpaired) electrons. The molecule has 92 valence electrons. The van der Waals surface area contributed by atoms with Crippen LogP contribution in [0.15, 0.2) is 6.20 Å². The molecule has 2 unspecified atom stereocenters. The Morgan fingerprint density at radius 3 is 3.12 bits per heavy atom. The number of hydrogen-bond acceptors (Lipinski definition) is 3. The summed E-state index contributed by atoms with van der Waals surface area (Å²) in [5.41, 5.74) is 0.913. The predicted octanol–water partition coefficient (Wildman–Crippen LogP) is 2.07. The van der Waals surface area contributed by atoms with Gasteiger partial charge in [-0.25, -0.2) is 4.98 Å². The monoisotopic (exact) mass is 252 g/mol. The standard InChI is InChI=1S/C12H16N2O2S/c15-12(16)9-2-1-4-14-10(9)6-13-11(14)8-3-5-17-7-8/h6,8-9H,1-5,7H2,(H,15,16). The first-order valence-corrected chi connectivity index (χ1v) is 7.28. The van der Waals surface area contributed by atoms with Crippen LogP contribution >= 0.6 is 11.8 Å². The molecule has 3 rings (SSSR count). The zero-order valence-corrected chi connectivity index (χ0v) is 10.4. The minimum absolute atomic E-state index is 0.348. The number of nitrogens with zero attached hydrogens (tertiary/aromatic N) is 2. The summed E-state index contributed by atoms with van der Waals surface area (Å²) in [5.74, 6) is 2.93. The van der Waals surface area contributed by atoms with Crippen LogP contribution in [0.25, 0.3) is 0 Å². The molecule has 1 aromatic heterocycles. The molecule has 0 saturated carbocycles. The van der Waals surface area contributed by atoms with E-state index in [4.69, 9.17) is 0 Å². The topological polar surface area (TPSA) is 55.1 Å². The van der Waals surface area contributed by atoms with Crippen LogP contribution in [0.3, 0.4) is 0 Å². The second kappa shape index (κ2) is 4.37. The Morgan fingerprint density at radius 2 is 2.41 bits per heavy atom. The van der Waals surface area contributed by atoms with E-state index in [9.17, 15) is 9.90 Å². The molecule has 5 heteroatoms. The van der Waals surface area contributed by atoms with Gasteiger partial charge in [0.15, 0.2) is 0 Å². The summed E-state index contributed by atoms with van der Waals surface area (Å²) in [6, 6.07) is 0. The Labute approximate surface area is 104 Å². The van der Waals surface area contributed by atoms with Crippen LogP contribution < -0.4 is 0 Å². The third kappa shape index (κ3) is 1.86. The van der Waals surface area contributed by atoms with Crippen molar-refractivity contribution in [3.05, 3.63) is 17.7 Å². The van der Waals surface area contributed by atoms with Crippen molar-refractivity contribution in [3.8, 4) is 0 Å². The van der Waals surface area contributed by atoms with Crippen LogP contribution in [0.4, 0.5) is 0 Å². The number of thioether (sulfide) groups is 1. The number of rotatable bonds is 2. The lowest BCUT2D eigenvalue weighted by molar-refractivity contribution is -0.139. The van der Waals surface area contributed by atoms with Gasteiger partial charge < -0.3 is 9.67 Å². The first-order valence-electron chi connectivity index (χ1n) is 6.13. The highest BCUT2D eigenvalue weighted by atomic mass is 32.2. The average Bonchev–Trinajstić information content (AvgIpc) is 2.96. The number of hydrogen-bond donors (Lipinski definition) is 1. The fourth-order valence-electron chi connectivity index (χ4n) is 2.84. The summed E-state index contributed by atoms with van der Waals surface area (Å²) in [4.78, 5) is 15.7. The van der Waals surface area contributed by atoms with Crippen LogP contribution in [0.1, 0.15) is 42.6 Å². The molecular formula is C12H16N2O2S. The summed E-state index contributed by atoms with van der Waals surface area (Å²) in [7, 11) is 0. The maximum atomic E-state index is 11.2. The molecule has 1 fully saturated rings. The Kier molecular flexibility index (Phi) is 2.86. The molecule has 0 aromatic carbocycles. The molecule has 0 bridgehead atoms. The highest BCUT2D eigenvalue weighted by molar-refractivity contribution is 7.99. The Hall–Kier alpha value is -0.970. The lowest BCUT2D eigenvalue weighted by Crippen LogP contribution is -2.23. The maximum Gasteiger partial charge on any atom is 0.312 e. The van der Waals surface area contributed by atoms with Crippen molar-refractivity contribution >= 4 is 17.7 Å². The van der Waals surface area contributed by atoms with Gasteiger partial charge in [0.25, 0.3) is 0 Å². The molecule has 0 aliphatic carbocycles. The number of fused-ring (bicyclic) bond motifs is 1. The van der Waals surface area contributed by atoms with Gasteiger partial charge in [0.2, 0.25) is 0 Å². The molecule has 3 heterocycles. The van der Waals surface area contributed by atoms with E-state index < -0.39 is 5.97 Å². The van der Waals surface area contributed by atoms with Crippen LogP contribution in [0, 0.1) is 0 Å². The van der Waals surface area contributed by atoms with Crippen LogP contribution in [0.2, 0.25) is 0 Å². The summed E-state index contributed by atoms with van der Waals surface area (Å²) < 4.78 is 2.17. The first-order chi connectivity index (χ1) is 8.27. The molecule has 1 N–H and O–H groups in total. The zero-order chi connectivity index (χ0) is 11.8. The van der Waals surface area contributed by atoms with Crippen LogP contribution in [-0.4, -0.2) is 32.1 Å². The average molecular weight is 252 g/mol. The number of carboxylic acid groups (broad SMARTS) is 1. The number of imidazole rings is 1. The molecule has 0 amide bonds. The number of carbonyl (C=O) groups is 1.